The summed E-state index contributed by atoms with van der Waals surface area (Å²) in [5.74, 6) is -0.296. The molecule has 0 saturated heterocycles. The fourth-order valence-corrected chi connectivity index (χ4v) is 1.04. The molecule has 0 aromatic rings. The van der Waals surface area contributed by atoms with E-state index in [0.29, 0.717) is 19.8 Å². The topological polar surface area (TPSA) is 70.8 Å². The Labute approximate surface area is 110 Å². The zero-order valence-corrected chi connectivity index (χ0v) is 12.2. The summed E-state index contributed by atoms with van der Waals surface area (Å²) >= 11 is 0. The molecule has 0 spiro atoms. The Hall–Kier alpha value is -0.650. The van der Waals surface area contributed by atoms with Gasteiger partial charge in [0.05, 0.1) is 12.0 Å². The summed E-state index contributed by atoms with van der Waals surface area (Å²) in [6.07, 6.45) is 0.839. The summed E-state index contributed by atoms with van der Waals surface area (Å²) in [5.41, 5.74) is 4.61. The summed E-state index contributed by atoms with van der Waals surface area (Å²) in [5, 5.41) is 0. The number of ether oxygens (including phenoxy) is 3. The van der Waals surface area contributed by atoms with Crippen molar-refractivity contribution >= 4 is 5.97 Å². The van der Waals surface area contributed by atoms with Crippen molar-refractivity contribution in [2.24, 2.45) is 11.1 Å². The van der Waals surface area contributed by atoms with Crippen molar-refractivity contribution in [1.29, 1.82) is 0 Å². The average Bonchev–Trinajstić information content (AvgIpc) is 2.26. The Kier molecular flexibility index (Phi) is 7.43. The van der Waals surface area contributed by atoms with Crippen molar-refractivity contribution in [3.05, 3.63) is 0 Å². The molecule has 5 heteroatoms. The molecule has 0 aliphatic heterocycles. The number of carbonyl (C=O) groups excluding carboxylic acids is 1. The van der Waals surface area contributed by atoms with Crippen LogP contribution in [0.1, 0.15) is 34.1 Å². The van der Waals surface area contributed by atoms with Gasteiger partial charge in [0.15, 0.2) is 0 Å². The first-order valence-corrected chi connectivity index (χ1v) is 6.26. The summed E-state index contributed by atoms with van der Waals surface area (Å²) in [4.78, 5) is 11.9. The quantitative estimate of drug-likeness (QED) is 0.501. The van der Waals surface area contributed by atoms with Crippen LogP contribution in [0.5, 0.6) is 0 Å². The van der Waals surface area contributed by atoms with Crippen LogP contribution in [0.2, 0.25) is 0 Å². The van der Waals surface area contributed by atoms with Gasteiger partial charge in [0.1, 0.15) is 6.61 Å². The first-order valence-electron chi connectivity index (χ1n) is 6.26. The van der Waals surface area contributed by atoms with Crippen LogP contribution in [-0.2, 0) is 19.0 Å². The van der Waals surface area contributed by atoms with E-state index in [2.05, 4.69) is 0 Å². The van der Waals surface area contributed by atoms with Gasteiger partial charge in [-0.05, 0) is 34.1 Å². The molecule has 0 rings (SSSR count). The highest BCUT2D eigenvalue weighted by Gasteiger charge is 2.41. The van der Waals surface area contributed by atoms with Gasteiger partial charge in [-0.25, -0.2) is 0 Å². The highest BCUT2D eigenvalue weighted by molar-refractivity contribution is 5.77. The van der Waals surface area contributed by atoms with Crippen LogP contribution in [0.4, 0.5) is 0 Å². The molecule has 0 bridgehead atoms. The van der Waals surface area contributed by atoms with Crippen LogP contribution in [0.15, 0.2) is 0 Å². The van der Waals surface area contributed by atoms with Crippen LogP contribution in [0.3, 0.4) is 0 Å². The lowest BCUT2D eigenvalue weighted by atomic mass is 9.75. The third-order valence-electron chi connectivity index (χ3n) is 3.22. The number of esters is 1. The van der Waals surface area contributed by atoms with Gasteiger partial charge in [0.2, 0.25) is 0 Å². The lowest BCUT2D eigenvalue weighted by Crippen LogP contribution is -2.52. The van der Waals surface area contributed by atoms with Crippen LogP contribution in [-0.4, -0.2) is 45.0 Å². The van der Waals surface area contributed by atoms with Crippen LogP contribution >= 0.6 is 0 Å². The monoisotopic (exact) mass is 261 g/mol. The van der Waals surface area contributed by atoms with Crippen molar-refractivity contribution in [1.82, 2.24) is 0 Å². The second-order valence-corrected chi connectivity index (χ2v) is 5.44. The Bertz CT molecular complexity index is 246. The zero-order valence-electron chi connectivity index (χ0n) is 12.2. The molecule has 0 aliphatic carbocycles. The van der Waals surface area contributed by atoms with E-state index in [0.717, 1.165) is 6.42 Å². The second-order valence-electron chi connectivity index (χ2n) is 5.44. The third-order valence-corrected chi connectivity index (χ3v) is 3.22. The molecule has 5 nitrogen and oxygen atoms in total. The molecule has 108 valence electrons. The van der Waals surface area contributed by atoms with Crippen molar-refractivity contribution in [2.75, 3.05) is 33.5 Å². The maximum atomic E-state index is 11.9. The number of nitrogens with two attached hydrogens (primary N) is 1. The van der Waals surface area contributed by atoms with Crippen molar-refractivity contribution in [3.63, 3.8) is 0 Å². The molecule has 0 radical (unpaired) electrons. The Balaban J connectivity index is 3.78. The Morgan fingerprint density at radius 1 is 1.06 bits per heavy atom. The van der Waals surface area contributed by atoms with E-state index >= 15 is 0 Å². The largest absolute Gasteiger partial charge is 0.463 e. The first-order chi connectivity index (χ1) is 8.23. The number of hydrogen-bond acceptors (Lipinski definition) is 5. The lowest BCUT2D eigenvalue weighted by molar-refractivity contribution is -0.158. The molecule has 0 amide bonds. The van der Waals surface area contributed by atoms with Gasteiger partial charge < -0.3 is 19.9 Å². The minimum Gasteiger partial charge on any atom is -0.463 e. The van der Waals surface area contributed by atoms with Crippen LogP contribution < -0.4 is 5.73 Å². The van der Waals surface area contributed by atoms with Crippen LogP contribution in [0.25, 0.3) is 0 Å². The Morgan fingerprint density at radius 2 is 1.67 bits per heavy atom. The summed E-state index contributed by atoms with van der Waals surface area (Å²) in [6, 6.07) is 0. The molecule has 0 saturated carbocycles. The molecule has 0 atom stereocenters. The molecule has 0 aromatic carbocycles. The first kappa shape index (κ1) is 17.4. The fourth-order valence-electron chi connectivity index (χ4n) is 1.04. The van der Waals surface area contributed by atoms with Gasteiger partial charge in [0, 0.05) is 25.9 Å². The van der Waals surface area contributed by atoms with Crippen molar-refractivity contribution in [2.45, 2.75) is 39.7 Å². The minimum atomic E-state index is -0.719. The average molecular weight is 261 g/mol. The number of rotatable bonds is 9. The molecule has 18 heavy (non-hydrogen) atoms. The highest BCUT2D eigenvalue weighted by atomic mass is 16.6. The minimum absolute atomic E-state index is 0.255. The van der Waals surface area contributed by atoms with E-state index in [4.69, 9.17) is 19.9 Å². The molecule has 2 N–H and O–H groups in total. The van der Waals surface area contributed by atoms with E-state index in [9.17, 15) is 4.79 Å². The molecule has 0 unspecified atom stereocenters. The number of carbonyl (C=O) groups is 1. The standard InChI is InChI=1S/C13H27NO4/c1-12(2,13(3,4)14)11(15)18-10-9-17-8-6-7-16-5/h6-10,14H2,1-5H3. The van der Waals surface area contributed by atoms with Gasteiger partial charge in [-0.15, -0.1) is 0 Å². The van der Waals surface area contributed by atoms with E-state index in [1.165, 1.54) is 0 Å². The van der Waals surface area contributed by atoms with Gasteiger partial charge in [0.25, 0.3) is 0 Å². The number of methoxy groups -OCH3 is 1. The maximum absolute atomic E-state index is 11.9. The van der Waals surface area contributed by atoms with E-state index < -0.39 is 11.0 Å². The predicted molar refractivity (Wildman–Crippen MR) is 70.3 cm³/mol. The normalized spacial score (nSPS) is 12.6. The second kappa shape index (κ2) is 7.71. The summed E-state index contributed by atoms with van der Waals surface area (Å²) in [6.45, 7) is 9.14. The third kappa shape index (κ3) is 5.80. The predicted octanol–water partition coefficient (Wildman–Crippen LogP) is 1.35. The van der Waals surface area contributed by atoms with Crippen LogP contribution in [0, 0.1) is 5.41 Å². The van der Waals surface area contributed by atoms with E-state index in [1.54, 1.807) is 21.0 Å². The number of hydrogen-bond donors (Lipinski definition) is 1. The van der Waals surface area contributed by atoms with Gasteiger partial charge in [-0.1, -0.05) is 0 Å². The van der Waals surface area contributed by atoms with Gasteiger partial charge in [-0.3, -0.25) is 4.79 Å². The summed E-state index contributed by atoms with van der Waals surface area (Å²) in [7, 11) is 1.65. The maximum Gasteiger partial charge on any atom is 0.313 e. The molecular formula is C13H27NO4. The fraction of sp³-hybridized carbons (Fsp3) is 0.923. The van der Waals surface area contributed by atoms with E-state index in [1.807, 2.05) is 13.8 Å². The lowest BCUT2D eigenvalue weighted by Gasteiger charge is -2.35. The molecule has 0 aliphatic rings. The van der Waals surface area contributed by atoms with Crippen molar-refractivity contribution < 1.29 is 19.0 Å². The highest BCUT2D eigenvalue weighted by Crippen LogP contribution is 2.29. The molecule has 0 heterocycles. The van der Waals surface area contributed by atoms with Gasteiger partial charge in [-0.2, -0.15) is 0 Å². The van der Waals surface area contributed by atoms with Gasteiger partial charge >= 0.3 is 5.97 Å². The summed E-state index contributed by atoms with van der Waals surface area (Å²) < 4.78 is 15.4. The van der Waals surface area contributed by atoms with E-state index in [-0.39, 0.29) is 12.6 Å². The molecule has 0 fully saturated rings. The Morgan fingerprint density at radius 3 is 2.17 bits per heavy atom. The molecule has 0 aromatic heterocycles. The smallest absolute Gasteiger partial charge is 0.313 e. The van der Waals surface area contributed by atoms with Crippen molar-refractivity contribution in [3.8, 4) is 0 Å². The zero-order chi connectivity index (χ0) is 14.2. The molecular weight excluding hydrogens is 234 g/mol. The SMILES string of the molecule is COCCCOCCOC(=O)C(C)(C)C(C)(C)N.